The molecule has 9 nitrogen and oxygen atoms in total. The number of hydrogen-bond acceptors (Lipinski definition) is 8. The SMILES string of the molecule is Cc1cc(Nc2nc(C)cc(C)n2)cc([C@H]2CN(C(=O)Cc3c(C)noc3C)CCO2)n1. The van der Waals surface area contributed by atoms with E-state index in [2.05, 4.69) is 25.4 Å². The molecule has 1 N–H and O–H groups in total. The van der Waals surface area contributed by atoms with Crippen LogP contribution < -0.4 is 5.32 Å². The predicted molar refractivity (Wildman–Crippen MR) is 119 cm³/mol. The number of nitrogens with zero attached hydrogens (tertiary/aromatic N) is 5. The van der Waals surface area contributed by atoms with Gasteiger partial charge in [-0.15, -0.1) is 0 Å². The van der Waals surface area contributed by atoms with Gasteiger partial charge in [0.2, 0.25) is 11.9 Å². The molecular weight excluding hydrogens is 408 g/mol. The number of aryl methyl sites for hydroxylation is 5. The molecule has 1 atom stereocenters. The van der Waals surface area contributed by atoms with Crippen molar-refractivity contribution in [1.82, 2.24) is 25.0 Å². The number of nitrogens with one attached hydrogen (secondary N) is 1. The molecule has 0 unspecified atom stereocenters. The van der Waals surface area contributed by atoms with Crippen LogP contribution in [0, 0.1) is 34.6 Å². The van der Waals surface area contributed by atoms with Crippen LogP contribution in [0.25, 0.3) is 0 Å². The molecule has 1 saturated heterocycles. The molecule has 0 spiro atoms. The minimum Gasteiger partial charge on any atom is -0.368 e. The number of ether oxygens (including phenoxy) is 1. The van der Waals surface area contributed by atoms with E-state index in [4.69, 9.17) is 9.26 Å². The quantitative estimate of drug-likeness (QED) is 0.649. The topological polar surface area (TPSA) is 106 Å². The number of aromatic nitrogens is 4. The Balaban J connectivity index is 1.50. The molecule has 3 aromatic rings. The van der Waals surface area contributed by atoms with E-state index in [1.54, 1.807) is 0 Å². The molecule has 0 aliphatic carbocycles. The van der Waals surface area contributed by atoms with Crippen LogP contribution >= 0.6 is 0 Å². The lowest BCUT2D eigenvalue weighted by Crippen LogP contribution is -2.43. The Labute approximate surface area is 187 Å². The summed E-state index contributed by atoms with van der Waals surface area (Å²) in [5.74, 6) is 1.26. The van der Waals surface area contributed by atoms with Gasteiger partial charge in [-0.3, -0.25) is 9.78 Å². The summed E-state index contributed by atoms with van der Waals surface area (Å²) in [5, 5.41) is 7.21. The van der Waals surface area contributed by atoms with Crippen LogP contribution in [0.3, 0.4) is 0 Å². The van der Waals surface area contributed by atoms with Crippen LogP contribution in [0.15, 0.2) is 22.7 Å². The molecule has 9 heteroatoms. The molecule has 32 heavy (non-hydrogen) atoms. The minimum atomic E-state index is -0.307. The Morgan fingerprint density at radius 1 is 1.06 bits per heavy atom. The molecule has 1 aliphatic heterocycles. The van der Waals surface area contributed by atoms with Crippen molar-refractivity contribution < 1.29 is 14.1 Å². The first-order valence-corrected chi connectivity index (χ1v) is 10.7. The highest BCUT2D eigenvalue weighted by Gasteiger charge is 2.28. The molecular formula is C23H28N6O3. The van der Waals surface area contributed by atoms with Gasteiger partial charge < -0.3 is 19.5 Å². The van der Waals surface area contributed by atoms with Crippen molar-refractivity contribution in [2.75, 3.05) is 25.0 Å². The Kier molecular flexibility index (Phi) is 6.18. The van der Waals surface area contributed by atoms with Gasteiger partial charge in [-0.1, -0.05) is 5.16 Å². The van der Waals surface area contributed by atoms with Crippen molar-refractivity contribution in [3.63, 3.8) is 0 Å². The molecule has 3 aromatic heterocycles. The van der Waals surface area contributed by atoms with E-state index in [1.165, 1.54) is 0 Å². The third-order valence-electron chi connectivity index (χ3n) is 5.47. The van der Waals surface area contributed by atoms with E-state index in [9.17, 15) is 4.79 Å². The van der Waals surface area contributed by atoms with Crippen molar-refractivity contribution in [3.8, 4) is 0 Å². The number of anilines is 2. The largest absolute Gasteiger partial charge is 0.368 e. The number of pyridine rings is 1. The van der Waals surface area contributed by atoms with Gasteiger partial charge in [0.15, 0.2) is 0 Å². The number of carbonyl (C=O) groups is 1. The summed E-state index contributed by atoms with van der Waals surface area (Å²) in [5.41, 5.74) is 5.85. The van der Waals surface area contributed by atoms with Crippen LogP contribution in [0.1, 0.15) is 45.9 Å². The van der Waals surface area contributed by atoms with E-state index < -0.39 is 0 Å². The predicted octanol–water partition coefficient (Wildman–Crippen LogP) is 3.29. The summed E-state index contributed by atoms with van der Waals surface area (Å²) in [6.07, 6.45) is -0.0376. The lowest BCUT2D eigenvalue weighted by atomic mass is 10.1. The molecule has 0 aromatic carbocycles. The van der Waals surface area contributed by atoms with Gasteiger partial charge in [0.25, 0.3) is 0 Å². The summed E-state index contributed by atoms with van der Waals surface area (Å²) >= 11 is 0. The standard InChI is InChI=1S/C23H28N6O3/c1-13-8-14(2)26-23(25-13)27-18-9-15(3)24-20(10-18)21-12-29(6-7-31-21)22(30)11-19-16(4)28-32-17(19)5/h8-10,21H,6-7,11-12H2,1-5H3,(H,24,25,26,27)/t21-/m1/s1. The van der Waals surface area contributed by atoms with Crippen molar-refractivity contribution in [3.05, 3.63) is 58.0 Å². The molecule has 0 bridgehead atoms. The number of rotatable bonds is 5. The van der Waals surface area contributed by atoms with Crippen molar-refractivity contribution in [2.45, 2.75) is 47.1 Å². The van der Waals surface area contributed by atoms with Crippen LogP contribution in [0.5, 0.6) is 0 Å². The van der Waals surface area contributed by atoms with Crippen molar-refractivity contribution >= 4 is 17.5 Å². The summed E-state index contributed by atoms with van der Waals surface area (Å²) in [6, 6.07) is 5.80. The van der Waals surface area contributed by atoms with Gasteiger partial charge in [0, 0.05) is 34.9 Å². The molecule has 1 amide bonds. The highest BCUT2D eigenvalue weighted by Crippen LogP contribution is 2.26. The maximum atomic E-state index is 12.9. The Bertz CT molecular complexity index is 1100. The first kappa shape index (κ1) is 21.9. The number of morpholine rings is 1. The molecule has 4 rings (SSSR count). The Hall–Kier alpha value is -3.33. The fourth-order valence-corrected chi connectivity index (χ4v) is 3.91. The van der Waals surface area contributed by atoms with Crippen LogP contribution in [0.4, 0.5) is 11.6 Å². The van der Waals surface area contributed by atoms with Crippen molar-refractivity contribution in [1.29, 1.82) is 0 Å². The van der Waals surface area contributed by atoms with E-state index in [1.807, 2.05) is 57.7 Å². The molecule has 0 radical (unpaired) electrons. The molecule has 0 saturated carbocycles. The van der Waals surface area contributed by atoms with Gasteiger partial charge in [-0.25, -0.2) is 9.97 Å². The zero-order valence-electron chi connectivity index (χ0n) is 19.1. The lowest BCUT2D eigenvalue weighted by molar-refractivity contribution is -0.138. The first-order valence-electron chi connectivity index (χ1n) is 10.7. The van der Waals surface area contributed by atoms with Gasteiger partial charge in [-0.05, 0) is 52.8 Å². The molecule has 168 valence electrons. The van der Waals surface area contributed by atoms with Gasteiger partial charge in [0.05, 0.1) is 31.0 Å². The number of carbonyl (C=O) groups excluding carboxylic acids is 1. The molecule has 1 aliphatic rings. The summed E-state index contributed by atoms with van der Waals surface area (Å²) in [4.78, 5) is 28.3. The zero-order chi connectivity index (χ0) is 22.8. The third kappa shape index (κ3) is 4.94. The fraction of sp³-hybridized carbons (Fsp3) is 0.435. The van der Waals surface area contributed by atoms with Crippen LogP contribution in [0.2, 0.25) is 0 Å². The monoisotopic (exact) mass is 436 g/mol. The maximum Gasteiger partial charge on any atom is 0.227 e. The number of hydrogen-bond donors (Lipinski definition) is 1. The normalized spacial score (nSPS) is 16.3. The summed E-state index contributed by atoms with van der Waals surface area (Å²) < 4.78 is 11.2. The zero-order valence-corrected chi connectivity index (χ0v) is 19.1. The molecule has 1 fully saturated rings. The van der Waals surface area contributed by atoms with E-state index in [0.717, 1.165) is 39.7 Å². The maximum absolute atomic E-state index is 12.9. The highest BCUT2D eigenvalue weighted by molar-refractivity contribution is 5.79. The Morgan fingerprint density at radius 2 is 1.78 bits per heavy atom. The van der Waals surface area contributed by atoms with Crippen LogP contribution in [-0.4, -0.2) is 50.6 Å². The first-order chi connectivity index (χ1) is 15.3. The lowest BCUT2D eigenvalue weighted by Gasteiger charge is -2.33. The minimum absolute atomic E-state index is 0.0299. The average Bonchev–Trinajstić information content (AvgIpc) is 3.04. The van der Waals surface area contributed by atoms with Crippen molar-refractivity contribution in [2.24, 2.45) is 0 Å². The second-order valence-corrected chi connectivity index (χ2v) is 8.20. The van der Waals surface area contributed by atoms with Gasteiger partial charge >= 0.3 is 0 Å². The fourth-order valence-electron chi connectivity index (χ4n) is 3.91. The number of amides is 1. The van der Waals surface area contributed by atoms with E-state index >= 15 is 0 Å². The average molecular weight is 437 g/mol. The second kappa shape index (κ2) is 9.04. The van der Waals surface area contributed by atoms with Gasteiger partial charge in [-0.2, -0.15) is 0 Å². The third-order valence-corrected chi connectivity index (χ3v) is 5.47. The van der Waals surface area contributed by atoms with Crippen LogP contribution in [-0.2, 0) is 16.0 Å². The molecule has 4 heterocycles. The highest BCUT2D eigenvalue weighted by atomic mass is 16.5. The Morgan fingerprint density at radius 3 is 2.47 bits per heavy atom. The van der Waals surface area contributed by atoms with Gasteiger partial charge in [0.1, 0.15) is 11.9 Å². The van der Waals surface area contributed by atoms with E-state index in [-0.39, 0.29) is 18.4 Å². The summed E-state index contributed by atoms with van der Waals surface area (Å²) in [7, 11) is 0. The second-order valence-electron chi connectivity index (χ2n) is 8.20. The smallest absolute Gasteiger partial charge is 0.227 e. The van der Waals surface area contributed by atoms with E-state index in [0.29, 0.717) is 31.4 Å². The summed E-state index contributed by atoms with van der Waals surface area (Å²) in [6.45, 7) is 10.9.